The predicted molar refractivity (Wildman–Crippen MR) is 69.4 cm³/mol. The number of carboxylic acid groups (broad SMARTS) is 1. The first-order valence-electron chi connectivity index (χ1n) is 5.80. The van der Waals surface area contributed by atoms with E-state index in [-0.39, 0.29) is 17.2 Å². The van der Waals surface area contributed by atoms with Crippen LogP contribution in [0.15, 0.2) is 18.2 Å². The molecule has 0 heterocycles. The zero-order chi connectivity index (χ0) is 13.8. The average molecular weight is 273 g/mol. The Morgan fingerprint density at radius 2 is 2.00 bits per heavy atom. The second kappa shape index (κ2) is 6.07. The third-order valence-corrected chi connectivity index (χ3v) is 3.32. The highest BCUT2D eigenvalue weighted by molar-refractivity contribution is 6.33. The summed E-state index contributed by atoms with van der Waals surface area (Å²) in [6, 6.07) is 4.41. The lowest BCUT2D eigenvalue weighted by Gasteiger charge is -2.25. The highest BCUT2D eigenvalue weighted by atomic mass is 35.5. The first-order valence-corrected chi connectivity index (χ1v) is 6.17. The molecule has 0 saturated heterocycles. The number of carboxylic acids is 1. The maximum Gasteiger partial charge on any atom is 0.337 e. The van der Waals surface area contributed by atoms with E-state index in [1.165, 1.54) is 12.1 Å². The Balaban J connectivity index is 2.80. The van der Waals surface area contributed by atoms with Crippen molar-refractivity contribution in [3.8, 4) is 5.75 Å². The summed E-state index contributed by atoms with van der Waals surface area (Å²) in [7, 11) is 0. The van der Waals surface area contributed by atoms with Crippen LogP contribution in [-0.4, -0.2) is 28.4 Å². The zero-order valence-electron chi connectivity index (χ0n) is 10.4. The molecule has 0 unspecified atom stereocenters. The number of ether oxygens (including phenoxy) is 1. The number of benzene rings is 1. The molecule has 0 radical (unpaired) electrons. The van der Waals surface area contributed by atoms with Crippen molar-refractivity contribution in [1.29, 1.82) is 0 Å². The van der Waals surface area contributed by atoms with Gasteiger partial charge in [0, 0.05) is 0 Å². The Labute approximate surface area is 111 Å². The number of hydrogen-bond donors (Lipinski definition) is 2. The van der Waals surface area contributed by atoms with Crippen LogP contribution >= 0.6 is 11.6 Å². The van der Waals surface area contributed by atoms with Gasteiger partial charge >= 0.3 is 5.97 Å². The van der Waals surface area contributed by atoms with Crippen LogP contribution in [0, 0.1) is 0 Å². The Kier molecular flexibility index (Phi) is 4.99. The van der Waals surface area contributed by atoms with Gasteiger partial charge in [0.1, 0.15) is 12.4 Å². The average Bonchev–Trinajstić information content (AvgIpc) is 2.37. The molecule has 0 aliphatic rings. The second-order valence-corrected chi connectivity index (χ2v) is 4.57. The molecule has 0 aromatic heterocycles. The summed E-state index contributed by atoms with van der Waals surface area (Å²) in [5, 5.41) is 19.1. The number of halogens is 1. The largest absolute Gasteiger partial charge is 0.491 e. The van der Waals surface area contributed by atoms with Crippen molar-refractivity contribution in [3.05, 3.63) is 28.8 Å². The summed E-state index contributed by atoms with van der Waals surface area (Å²) in [6.07, 6.45) is 1.14. The van der Waals surface area contributed by atoms with Crippen LogP contribution in [0.3, 0.4) is 0 Å². The van der Waals surface area contributed by atoms with Gasteiger partial charge in [-0.05, 0) is 31.0 Å². The monoisotopic (exact) mass is 272 g/mol. The van der Waals surface area contributed by atoms with Crippen molar-refractivity contribution >= 4 is 17.6 Å². The lowest BCUT2D eigenvalue weighted by atomic mass is 9.99. The third kappa shape index (κ3) is 3.62. The molecule has 0 fully saturated rings. The van der Waals surface area contributed by atoms with Gasteiger partial charge in [-0.3, -0.25) is 0 Å². The van der Waals surface area contributed by atoms with Crippen LogP contribution in [0.1, 0.15) is 37.0 Å². The van der Waals surface area contributed by atoms with Crippen molar-refractivity contribution in [1.82, 2.24) is 0 Å². The Morgan fingerprint density at radius 3 is 2.50 bits per heavy atom. The van der Waals surface area contributed by atoms with Gasteiger partial charge in [-0.2, -0.15) is 0 Å². The number of rotatable bonds is 6. The van der Waals surface area contributed by atoms with Gasteiger partial charge in [0.05, 0.1) is 16.2 Å². The van der Waals surface area contributed by atoms with Crippen molar-refractivity contribution < 1.29 is 19.7 Å². The minimum absolute atomic E-state index is 0.00861. The first-order chi connectivity index (χ1) is 8.41. The molecule has 0 spiro atoms. The van der Waals surface area contributed by atoms with Gasteiger partial charge < -0.3 is 14.9 Å². The molecule has 0 amide bonds. The highest BCUT2D eigenvalue weighted by Crippen LogP contribution is 2.24. The molecule has 0 saturated carbocycles. The Morgan fingerprint density at radius 1 is 1.39 bits per heavy atom. The highest BCUT2D eigenvalue weighted by Gasteiger charge is 2.23. The molecule has 2 N–H and O–H groups in total. The van der Waals surface area contributed by atoms with Gasteiger partial charge in [0.2, 0.25) is 0 Å². The molecule has 1 aromatic rings. The smallest absolute Gasteiger partial charge is 0.337 e. The normalized spacial score (nSPS) is 11.3. The summed E-state index contributed by atoms with van der Waals surface area (Å²) < 4.78 is 5.43. The zero-order valence-corrected chi connectivity index (χ0v) is 11.2. The van der Waals surface area contributed by atoms with E-state index in [2.05, 4.69) is 0 Å². The van der Waals surface area contributed by atoms with Crippen molar-refractivity contribution in [2.24, 2.45) is 0 Å². The van der Waals surface area contributed by atoms with Crippen LogP contribution in [0.25, 0.3) is 0 Å². The van der Waals surface area contributed by atoms with Crippen LogP contribution in [0.5, 0.6) is 5.75 Å². The van der Waals surface area contributed by atoms with Gasteiger partial charge in [-0.1, -0.05) is 25.4 Å². The van der Waals surface area contributed by atoms with Gasteiger partial charge in [0.15, 0.2) is 0 Å². The van der Waals surface area contributed by atoms with Crippen molar-refractivity contribution in [3.63, 3.8) is 0 Å². The van der Waals surface area contributed by atoms with Crippen molar-refractivity contribution in [2.45, 2.75) is 32.3 Å². The second-order valence-electron chi connectivity index (χ2n) is 4.17. The van der Waals surface area contributed by atoms with E-state index in [1.807, 2.05) is 13.8 Å². The molecule has 0 aliphatic carbocycles. The van der Waals surface area contributed by atoms with Crippen molar-refractivity contribution in [2.75, 3.05) is 6.61 Å². The summed E-state index contributed by atoms with van der Waals surface area (Å²) in [5.41, 5.74) is -0.894. The fourth-order valence-electron chi connectivity index (χ4n) is 1.43. The summed E-state index contributed by atoms with van der Waals surface area (Å²) >= 11 is 5.75. The topological polar surface area (TPSA) is 66.8 Å². The SMILES string of the molecule is CCC(O)(CC)COc1ccc(Cl)c(C(=O)O)c1. The van der Waals surface area contributed by atoms with E-state index < -0.39 is 11.6 Å². The van der Waals surface area contributed by atoms with E-state index >= 15 is 0 Å². The van der Waals surface area contributed by atoms with Gasteiger partial charge in [-0.25, -0.2) is 4.79 Å². The standard InChI is InChI=1S/C13H17ClO4/c1-3-13(17,4-2)8-18-9-5-6-11(14)10(7-9)12(15)16/h5-7,17H,3-4,8H2,1-2H3,(H,15,16). The molecular formula is C13H17ClO4. The molecular weight excluding hydrogens is 256 g/mol. The summed E-state index contributed by atoms with van der Waals surface area (Å²) in [5.74, 6) is -0.719. The number of aromatic carboxylic acids is 1. The molecule has 0 bridgehead atoms. The molecule has 5 heteroatoms. The number of carbonyl (C=O) groups is 1. The number of aliphatic hydroxyl groups is 1. The van der Waals surface area contributed by atoms with E-state index in [0.29, 0.717) is 18.6 Å². The Bertz CT molecular complexity index is 427. The quantitative estimate of drug-likeness (QED) is 0.835. The first kappa shape index (κ1) is 14.8. The fraction of sp³-hybridized carbons (Fsp3) is 0.462. The van der Waals surface area contributed by atoms with Crippen LogP contribution < -0.4 is 4.74 Å². The van der Waals surface area contributed by atoms with Gasteiger partial charge in [0.25, 0.3) is 0 Å². The van der Waals surface area contributed by atoms with E-state index in [0.717, 1.165) is 0 Å². The fourth-order valence-corrected chi connectivity index (χ4v) is 1.63. The summed E-state index contributed by atoms with van der Waals surface area (Å²) in [4.78, 5) is 10.9. The van der Waals surface area contributed by atoms with E-state index in [9.17, 15) is 9.90 Å². The molecule has 1 aromatic carbocycles. The van der Waals surface area contributed by atoms with Crippen LogP contribution in [0.4, 0.5) is 0 Å². The summed E-state index contributed by atoms with van der Waals surface area (Å²) in [6.45, 7) is 3.87. The van der Waals surface area contributed by atoms with E-state index in [4.69, 9.17) is 21.4 Å². The predicted octanol–water partition coefficient (Wildman–Crippen LogP) is 2.97. The third-order valence-electron chi connectivity index (χ3n) is 2.99. The minimum Gasteiger partial charge on any atom is -0.491 e. The molecule has 100 valence electrons. The lowest BCUT2D eigenvalue weighted by Crippen LogP contribution is -2.34. The lowest BCUT2D eigenvalue weighted by molar-refractivity contribution is -0.0113. The minimum atomic E-state index is -1.10. The van der Waals surface area contributed by atoms with Crippen LogP contribution in [0.2, 0.25) is 5.02 Å². The molecule has 4 nitrogen and oxygen atoms in total. The van der Waals surface area contributed by atoms with Gasteiger partial charge in [-0.15, -0.1) is 0 Å². The van der Waals surface area contributed by atoms with Crippen LogP contribution in [-0.2, 0) is 0 Å². The molecule has 1 rings (SSSR count). The number of hydrogen-bond acceptors (Lipinski definition) is 3. The van der Waals surface area contributed by atoms with E-state index in [1.54, 1.807) is 6.07 Å². The molecule has 0 aliphatic heterocycles. The maximum atomic E-state index is 10.9. The molecule has 0 atom stereocenters. The Hall–Kier alpha value is -1.26. The maximum absolute atomic E-state index is 10.9. The molecule has 18 heavy (non-hydrogen) atoms.